The summed E-state index contributed by atoms with van der Waals surface area (Å²) < 4.78 is 28.0. The van der Waals surface area contributed by atoms with Crippen LogP contribution in [0, 0.1) is 0 Å². The number of nitrogens with one attached hydrogen (secondary N) is 3. The number of sulfonamides is 1. The Morgan fingerprint density at radius 3 is 2.86 bits per heavy atom. The Hall–Kier alpha value is -1.09. The molecule has 0 aliphatic carbocycles. The Morgan fingerprint density at radius 2 is 2.19 bits per heavy atom. The molecule has 3 N–H and O–H groups in total. The molecule has 6 nitrogen and oxygen atoms in total. The summed E-state index contributed by atoms with van der Waals surface area (Å²) in [6, 6.07) is 4.91. The normalized spacial score (nSPS) is 11.6. The van der Waals surface area contributed by atoms with E-state index in [9.17, 15) is 8.42 Å². The quantitative estimate of drug-likeness (QED) is 0.704. The maximum atomic E-state index is 12.4. The summed E-state index contributed by atoms with van der Waals surface area (Å²) in [6.07, 6.45) is 1.49. The molecular weight excluding hydrogens is 380 g/mol. The molecule has 0 aliphatic heterocycles. The highest BCUT2D eigenvalue weighted by Crippen LogP contribution is 2.28. The number of rotatable bonds is 6. The molecule has 114 valence electrons. The summed E-state index contributed by atoms with van der Waals surface area (Å²) in [5.74, 6) is 0. The number of benzene rings is 1. The van der Waals surface area contributed by atoms with Crippen LogP contribution in [0.2, 0.25) is 5.02 Å². The number of nitrogens with zero attached hydrogens (tertiary/aromatic N) is 1. The SMILES string of the molecule is CCNCc1cn[nH]c1S(=O)(=O)Nc1ccc(Br)cc1Cl. The van der Waals surface area contributed by atoms with Crippen molar-refractivity contribution in [2.75, 3.05) is 11.3 Å². The van der Waals surface area contributed by atoms with Crippen molar-refractivity contribution in [3.8, 4) is 0 Å². The lowest BCUT2D eigenvalue weighted by Crippen LogP contribution is -2.18. The van der Waals surface area contributed by atoms with E-state index in [1.54, 1.807) is 18.2 Å². The molecule has 0 saturated heterocycles. The number of anilines is 1. The lowest BCUT2D eigenvalue weighted by atomic mass is 10.3. The summed E-state index contributed by atoms with van der Waals surface area (Å²) >= 11 is 9.29. The van der Waals surface area contributed by atoms with Crippen LogP contribution in [-0.4, -0.2) is 25.2 Å². The number of hydrogen-bond acceptors (Lipinski definition) is 4. The zero-order chi connectivity index (χ0) is 15.5. The van der Waals surface area contributed by atoms with Gasteiger partial charge < -0.3 is 5.32 Å². The first-order chi connectivity index (χ1) is 9.94. The van der Waals surface area contributed by atoms with Crippen LogP contribution in [0.1, 0.15) is 12.5 Å². The molecule has 1 aromatic heterocycles. The highest BCUT2D eigenvalue weighted by molar-refractivity contribution is 9.10. The minimum atomic E-state index is -3.77. The molecule has 0 fully saturated rings. The van der Waals surface area contributed by atoms with Gasteiger partial charge in [-0.3, -0.25) is 9.82 Å². The first kappa shape index (κ1) is 16.3. The zero-order valence-electron chi connectivity index (χ0n) is 11.2. The van der Waals surface area contributed by atoms with Gasteiger partial charge in [-0.05, 0) is 24.7 Å². The topological polar surface area (TPSA) is 86.9 Å². The van der Waals surface area contributed by atoms with Gasteiger partial charge in [0.25, 0.3) is 10.0 Å². The fraction of sp³-hybridized carbons (Fsp3) is 0.250. The molecule has 0 bridgehead atoms. The molecule has 0 aliphatic rings. The molecular formula is C12H14BrClN4O2S. The number of halogens is 2. The molecule has 9 heteroatoms. The van der Waals surface area contributed by atoms with Crippen LogP contribution in [0.25, 0.3) is 0 Å². The second-order valence-electron chi connectivity index (χ2n) is 4.23. The van der Waals surface area contributed by atoms with Crippen molar-refractivity contribution >= 4 is 43.2 Å². The summed E-state index contributed by atoms with van der Waals surface area (Å²) in [5, 5.41) is 9.71. The van der Waals surface area contributed by atoms with E-state index in [0.29, 0.717) is 22.8 Å². The molecule has 2 rings (SSSR count). The van der Waals surface area contributed by atoms with E-state index in [2.05, 4.69) is 36.2 Å². The third kappa shape index (κ3) is 3.97. The van der Waals surface area contributed by atoms with Crippen molar-refractivity contribution < 1.29 is 8.42 Å². The van der Waals surface area contributed by atoms with E-state index >= 15 is 0 Å². The fourth-order valence-corrected chi connectivity index (χ4v) is 3.67. The van der Waals surface area contributed by atoms with Crippen molar-refractivity contribution in [2.24, 2.45) is 0 Å². The average Bonchev–Trinajstić information content (AvgIpc) is 2.89. The number of aromatic amines is 1. The first-order valence-corrected chi connectivity index (χ1v) is 8.80. The van der Waals surface area contributed by atoms with Crippen molar-refractivity contribution in [2.45, 2.75) is 18.5 Å². The maximum Gasteiger partial charge on any atom is 0.279 e. The van der Waals surface area contributed by atoms with E-state index in [-0.39, 0.29) is 5.03 Å². The number of H-pyrrole nitrogens is 1. The van der Waals surface area contributed by atoms with Crippen LogP contribution in [0.15, 0.2) is 33.9 Å². The van der Waals surface area contributed by atoms with Crippen LogP contribution in [-0.2, 0) is 16.6 Å². The third-order valence-electron chi connectivity index (χ3n) is 2.69. The van der Waals surface area contributed by atoms with Gasteiger partial charge in [0.2, 0.25) is 0 Å². The molecule has 0 atom stereocenters. The first-order valence-electron chi connectivity index (χ1n) is 6.15. The largest absolute Gasteiger partial charge is 0.313 e. The molecule has 0 saturated carbocycles. The van der Waals surface area contributed by atoms with Gasteiger partial charge in [-0.25, -0.2) is 0 Å². The second-order valence-corrected chi connectivity index (χ2v) is 7.18. The van der Waals surface area contributed by atoms with Crippen molar-refractivity contribution in [3.63, 3.8) is 0 Å². The molecule has 0 unspecified atom stereocenters. The van der Waals surface area contributed by atoms with E-state index in [1.807, 2.05) is 6.92 Å². The highest BCUT2D eigenvalue weighted by Gasteiger charge is 2.21. The minimum absolute atomic E-state index is 0.0300. The van der Waals surface area contributed by atoms with Gasteiger partial charge >= 0.3 is 0 Å². The minimum Gasteiger partial charge on any atom is -0.313 e. The van der Waals surface area contributed by atoms with Crippen molar-refractivity contribution in [1.29, 1.82) is 0 Å². The Labute approximate surface area is 136 Å². The molecule has 21 heavy (non-hydrogen) atoms. The Balaban J connectivity index is 2.28. The number of hydrogen-bond donors (Lipinski definition) is 3. The highest BCUT2D eigenvalue weighted by atomic mass is 79.9. The predicted octanol–water partition coefficient (Wildman–Crippen LogP) is 2.74. The summed E-state index contributed by atoms with van der Waals surface area (Å²) in [6.45, 7) is 3.09. The van der Waals surface area contributed by atoms with E-state index in [1.165, 1.54) is 6.20 Å². The molecule has 0 radical (unpaired) electrons. The standard InChI is InChI=1S/C12H14BrClN4O2S/c1-2-15-6-8-7-16-17-12(8)21(19,20)18-11-4-3-9(13)5-10(11)14/h3-5,7,15,18H,2,6H2,1H3,(H,16,17). The Bertz CT molecular complexity index is 733. The molecule has 0 amide bonds. The Morgan fingerprint density at radius 1 is 1.43 bits per heavy atom. The average molecular weight is 394 g/mol. The monoisotopic (exact) mass is 392 g/mol. The molecule has 2 aromatic rings. The van der Waals surface area contributed by atoms with Gasteiger partial charge in [0.15, 0.2) is 5.03 Å². The zero-order valence-corrected chi connectivity index (χ0v) is 14.3. The molecule has 1 heterocycles. The predicted molar refractivity (Wildman–Crippen MR) is 85.9 cm³/mol. The second kappa shape index (κ2) is 6.78. The van der Waals surface area contributed by atoms with Gasteiger partial charge in [-0.1, -0.05) is 34.5 Å². The maximum absolute atomic E-state index is 12.4. The van der Waals surface area contributed by atoms with E-state index in [0.717, 1.165) is 11.0 Å². The van der Waals surface area contributed by atoms with Gasteiger partial charge in [0.1, 0.15) is 0 Å². The van der Waals surface area contributed by atoms with Crippen LogP contribution in [0.4, 0.5) is 5.69 Å². The van der Waals surface area contributed by atoms with Crippen LogP contribution in [0.3, 0.4) is 0 Å². The smallest absolute Gasteiger partial charge is 0.279 e. The number of aromatic nitrogens is 2. The summed E-state index contributed by atoms with van der Waals surface area (Å²) in [5.41, 5.74) is 0.876. The molecule has 1 aromatic carbocycles. The lowest BCUT2D eigenvalue weighted by Gasteiger charge is -2.10. The van der Waals surface area contributed by atoms with E-state index in [4.69, 9.17) is 11.6 Å². The van der Waals surface area contributed by atoms with Crippen LogP contribution < -0.4 is 10.0 Å². The molecule has 0 spiro atoms. The fourth-order valence-electron chi connectivity index (χ4n) is 1.69. The van der Waals surface area contributed by atoms with Crippen LogP contribution >= 0.6 is 27.5 Å². The lowest BCUT2D eigenvalue weighted by molar-refractivity contribution is 0.594. The van der Waals surface area contributed by atoms with Gasteiger partial charge in [-0.2, -0.15) is 13.5 Å². The third-order valence-corrected chi connectivity index (χ3v) is 4.87. The summed E-state index contributed by atoms with van der Waals surface area (Å²) in [7, 11) is -3.77. The van der Waals surface area contributed by atoms with Crippen molar-refractivity contribution in [3.05, 3.63) is 39.5 Å². The van der Waals surface area contributed by atoms with Crippen LogP contribution in [0.5, 0.6) is 0 Å². The Kier molecular flexibility index (Phi) is 5.26. The van der Waals surface area contributed by atoms with Crippen molar-refractivity contribution in [1.82, 2.24) is 15.5 Å². The van der Waals surface area contributed by atoms with Gasteiger partial charge in [0, 0.05) is 16.6 Å². The van der Waals surface area contributed by atoms with Gasteiger partial charge in [-0.15, -0.1) is 0 Å². The van der Waals surface area contributed by atoms with Gasteiger partial charge in [0.05, 0.1) is 16.9 Å². The van der Waals surface area contributed by atoms with E-state index < -0.39 is 10.0 Å². The summed E-state index contributed by atoms with van der Waals surface area (Å²) in [4.78, 5) is 0.